The van der Waals surface area contributed by atoms with E-state index in [9.17, 15) is 72.9 Å². The Hall–Kier alpha value is -3.63. The average Bonchev–Trinajstić information content (AvgIpc) is 3.85. The number of nitrogens with one attached hydrogen (secondary N) is 2. The molecule has 2 unspecified atom stereocenters. The maximum absolute atomic E-state index is 12.7. The summed E-state index contributed by atoms with van der Waals surface area (Å²) < 4.78 is 62.3. The minimum absolute atomic E-state index is 0.0156. The highest BCUT2D eigenvalue weighted by molar-refractivity contribution is 8.13. The molecular formula is C41H66N7O20P3S. The number of ketones is 1. The van der Waals surface area contributed by atoms with Crippen molar-refractivity contribution in [2.75, 3.05) is 37.8 Å². The molecule has 12 N–H and O–H groups in total. The monoisotopic (exact) mass is 1100 g/mol. The molecule has 27 nitrogen and oxygen atoms in total. The van der Waals surface area contributed by atoms with Crippen molar-refractivity contribution < 1.29 is 95.5 Å². The van der Waals surface area contributed by atoms with Crippen molar-refractivity contribution in [2.24, 2.45) is 5.41 Å². The van der Waals surface area contributed by atoms with Gasteiger partial charge in [0, 0.05) is 37.1 Å². The van der Waals surface area contributed by atoms with Crippen molar-refractivity contribution in [1.82, 2.24) is 30.2 Å². The van der Waals surface area contributed by atoms with Gasteiger partial charge >= 0.3 is 23.5 Å². The molecule has 2 aromatic heterocycles. The van der Waals surface area contributed by atoms with Gasteiger partial charge in [-0.15, -0.1) is 0 Å². The first kappa shape index (κ1) is 62.7. The Morgan fingerprint density at radius 3 is 2.39 bits per heavy atom. The van der Waals surface area contributed by atoms with Crippen LogP contribution in [0.3, 0.4) is 0 Å². The SMILES string of the molecule is CCCCC/C=C\C[C@H](O)CC/C=C/C=C\[C@@H](O)CC(=O)CC(=O)SCCNC(=O)CCNC(=O)[C@H](O)C(C)(C)COP(=O)(O)OP(=O)(O)OC[C@H]1O[C@@H](n2cnc3c(N)ncnc32)[C@H](O)[C@@H]1OP(=O)(O)O. The summed E-state index contributed by atoms with van der Waals surface area (Å²) in [6, 6.07) is 0. The lowest BCUT2D eigenvalue weighted by Crippen LogP contribution is -2.46. The number of ether oxygens (including phenoxy) is 1. The van der Waals surface area contributed by atoms with E-state index in [4.69, 9.17) is 19.5 Å². The van der Waals surface area contributed by atoms with E-state index in [1.807, 2.05) is 12.2 Å². The number of anilines is 1. The van der Waals surface area contributed by atoms with Crippen molar-refractivity contribution >= 4 is 74.9 Å². The van der Waals surface area contributed by atoms with Gasteiger partial charge in [-0.2, -0.15) is 4.31 Å². The molecule has 1 saturated heterocycles. The molecule has 72 heavy (non-hydrogen) atoms. The Labute approximate surface area is 419 Å². The number of phosphoric acid groups is 3. The van der Waals surface area contributed by atoms with Gasteiger partial charge in [-0.05, 0) is 32.1 Å². The molecule has 2 amide bonds. The Bertz CT molecular complexity index is 2330. The largest absolute Gasteiger partial charge is 0.481 e. The van der Waals surface area contributed by atoms with Crippen LogP contribution in [0.25, 0.3) is 11.2 Å². The predicted octanol–water partition coefficient (Wildman–Crippen LogP) is 2.16. The zero-order chi connectivity index (χ0) is 53.7. The topological polar surface area (TPSA) is 421 Å². The highest BCUT2D eigenvalue weighted by Gasteiger charge is 2.50. The molecule has 0 bridgehead atoms. The van der Waals surface area contributed by atoms with Crippen LogP contribution in [0.5, 0.6) is 0 Å². The van der Waals surface area contributed by atoms with Crippen LogP contribution < -0.4 is 16.4 Å². The van der Waals surface area contributed by atoms with Crippen molar-refractivity contribution in [3.8, 4) is 0 Å². The predicted molar refractivity (Wildman–Crippen MR) is 259 cm³/mol. The number of rotatable bonds is 34. The number of imidazole rings is 1. The third kappa shape index (κ3) is 22.9. The maximum atomic E-state index is 12.7. The van der Waals surface area contributed by atoms with Crippen molar-refractivity contribution in [1.29, 1.82) is 0 Å². The second-order valence-corrected chi connectivity index (χ2v) is 22.4. The molecule has 0 aliphatic carbocycles. The number of hydrogen-bond acceptors (Lipinski definition) is 21. The highest BCUT2D eigenvalue weighted by atomic mass is 32.2. The minimum atomic E-state index is -5.61. The number of nitrogens with zero attached hydrogens (tertiary/aromatic N) is 4. The molecule has 9 atom stereocenters. The van der Waals surface area contributed by atoms with Gasteiger partial charge in [0.15, 0.2) is 22.8 Å². The molecule has 3 rings (SSSR count). The van der Waals surface area contributed by atoms with Gasteiger partial charge in [-0.1, -0.05) is 81.8 Å². The highest BCUT2D eigenvalue weighted by Crippen LogP contribution is 2.61. The van der Waals surface area contributed by atoms with E-state index in [1.165, 1.54) is 26.3 Å². The van der Waals surface area contributed by atoms with Crippen LogP contribution in [0.2, 0.25) is 0 Å². The van der Waals surface area contributed by atoms with Gasteiger partial charge in [0.05, 0.1) is 38.2 Å². The molecule has 1 aliphatic rings. The molecule has 0 spiro atoms. The van der Waals surface area contributed by atoms with Crippen molar-refractivity contribution in [3.63, 3.8) is 0 Å². The Balaban J connectivity index is 1.33. The fourth-order valence-electron chi connectivity index (χ4n) is 6.54. The lowest BCUT2D eigenvalue weighted by molar-refractivity contribution is -0.137. The number of carbonyl (C=O) groups excluding carboxylic acids is 4. The minimum Gasteiger partial charge on any atom is -0.393 e. The van der Waals surface area contributed by atoms with Crippen molar-refractivity contribution in [2.45, 2.75) is 128 Å². The molecule has 0 saturated carbocycles. The van der Waals surface area contributed by atoms with Crippen LogP contribution in [-0.2, 0) is 55.5 Å². The Morgan fingerprint density at radius 1 is 0.958 bits per heavy atom. The van der Waals surface area contributed by atoms with Crippen LogP contribution >= 0.6 is 35.2 Å². The van der Waals surface area contributed by atoms with Gasteiger partial charge in [0.1, 0.15) is 42.0 Å². The summed E-state index contributed by atoms with van der Waals surface area (Å²) in [7, 11) is -16.5. The number of thioether (sulfide) groups is 1. The number of nitrogen functional groups attached to an aromatic ring is 1. The molecule has 3 heterocycles. The second kappa shape index (κ2) is 30.1. The zero-order valence-electron chi connectivity index (χ0n) is 39.9. The Kier molecular flexibility index (Phi) is 26.2. The number of phosphoric ester groups is 3. The molecule has 406 valence electrons. The molecule has 0 radical (unpaired) electrons. The van der Waals surface area contributed by atoms with Crippen LogP contribution in [0.15, 0.2) is 49.1 Å². The van der Waals surface area contributed by atoms with E-state index in [0.717, 1.165) is 48.2 Å². The number of aromatic nitrogens is 4. The number of aliphatic hydroxyl groups is 4. The van der Waals surface area contributed by atoms with Gasteiger partial charge in [-0.25, -0.2) is 28.6 Å². The first-order valence-electron chi connectivity index (χ1n) is 22.6. The number of allylic oxidation sites excluding steroid dienone is 4. The summed E-state index contributed by atoms with van der Waals surface area (Å²) in [5.74, 6) is -1.98. The molecule has 1 fully saturated rings. The van der Waals surface area contributed by atoms with Gasteiger partial charge in [-0.3, -0.25) is 37.3 Å². The number of carbonyl (C=O) groups is 4. The fraction of sp³-hybridized carbons (Fsp3) is 0.634. The van der Waals surface area contributed by atoms with E-state index in [2.05, 4.69) is 47.4 Å². The van der Waals surface area contributed by atoms with E-state index in [0.29, 0.717) is 19.3 Å². The van der Waals surface area contributed by atoms with Gasteiger partial charge in [0.25, 0.3) is 0 Å². The summed E-state index contributed by atoms with van der Waals surface area (Å²) >= 11 is 0.807. The van der Waals surface area contributed by atoms with Gasteiger partial charge in [0.2, 0.25) is 11.8 Å². The van der Waals surface area contributed by atoms with Crippen LogP contribution in [0.1, 0.15) is 91.2 Å². The summed E-state index contributed by atoms with van der Waals surface area (Å²) in [4.78, 5) is 101. The number of nitrogens with two attached hydrogens (primary N) is 1. The standard InChI is InChI=1S/C41H66N7O20P3S/c1-4-5-6-7-8-11-14-27(49)15-12-9-10-13-16-28(50)21-29(51)22-32(53)72-20-19-43-31(52)17-18-44-39(56)36(55)41(2,3)24-65-71(62,63)68-70(60,61)64-23-30-35(67-69(57,58)59)34(54)40(66-30)48-26-47-33-37(42)45-25-46-38(33)48/h8-11,13,16,25-28,30,34-36,40,49-50,54-55H,4-7,12,14-15,17-24H2,1-3H3,(H,43,52)(H,44,56)(H,60,61)(H,62,63)(H2,42,45,46)(H2,57,58,59)/b10-9+,11-8-,16-13-/t27-,28+,30+,34+,35+,36-,40+/m0/s1. The number of Topliss-reactive ketones (excluding diaryl/α,β-unsaturated/α-hetero) is 1. The van der Waals surface area contributed by atoms with Crippen LogP contribution in [-0.4, -0.2) is 151 Å². The lowest BCUT2D eigenvalue weighted by atomic mass is 9.87. The lowest BCUT2D eigenvalue weighted by Gasteiger charge is -2.30. The third-order valence-electron chi connectivity index (χ3n) is 10.3. The van der Waals surface area contributed by atoms with E-state index < -0.39 is 114 Å². The molecular weight excluding hydrogens is 1040 g/mol. The molecule has 0 aromatic carbocycles. The molecule has 2 aromatic rings. The number of aliphatic hydroxyl groups excluding tert-OH is 4. The number of amides is 2. The second-order valence-electron chi connectivity index (χ2n) is 17.0. The normalized spacial score (nSPS) is 20.7. The smallest absolute Gasteiger partial charge is 0.393 e. The third-order valence-corrected chi connectivity index (χ3v) is 14.3. The first-order chi connectivity index (χ1) is 33.7. The summed E-state index contributed by atoms with van der Waals surface area (Å²) in [6.07, 6.45) is 7.59. The zero-order valence-corrected chi connectivity index (χ0v) is 43.4. The van der Waals surface area contributed by atoms with Crippen LogP contribution in [0, 0.1) is 5.41 Å². The van der Waals surface area contributed by atoms with Crippen molar-refractivity contribution in [3.05, 3.63) is 49.1 Å². The van der Waals surface area contributed by atoms with E-state index in [1.54, 1.807) is 12.2 Å². The average molecular weight is 1100 g/mol. The summed E-state index contributed by atoms with van der Waals surface area (Å²) in [5.41, 5.74) is 4.19. The first-order valence-corrected chi connectivity index (χ1v) is 28.2. The van der Waals surface area contributed by atoms with E-state index >= 15 is 0 Å². The molecule has 1 aliphatic heterocycles. The summed E-state index contributed by atoms with van der Waals surface area (Å²) in [5, 5.41) is 46.1. The maximum Gasteiger partial charge on any atom is 0.481 e. The Morgan fingerprint density at radius 2 is 1.68 bits per heavy atom. The summed E-state index contributed by atoms with van der Waals surface area (Å²) in [6.45, 7) is 2.26. The number of unbranched alkanes of at least 4 members (excludes halogenated alkanes) is 3. The number of fused-ring (bicyclic) bond motifs is 1. The van der Waals surface area contributed by atoms with Gasteiger partial charge < -0.3 is 61.1 Å². The fourth-order valence-corrected chi connectivity index (χ4v) is 10.1. The van der Waals surface area contributed by atoms with Crippen LogP contribution in [0.4, 0.5) is 5.82 Å². The van der Waals surface area contributed by atoms with E-state index in [-0.39, 0.29) is 48.7 Å². The quantitative estimate of drug-likeness (QED) is 0.0157. The number of hydrogen-bond donors (Lipinski definition) is 11. The molecule has 31 heteroatoms.